The van der Waals surface area contributed by atoms with E-state index < -0.39 is 0 Å². The first kappa shape index (κ1) is 22.2. The summed E-state index contributed by atoms with van der Waals surface area (Å²) in [6, 6.07) is 14.4. The summed E-state index contributed by atoms with van der Waals surface area (Å²) in [6.07, 6.45) is 1.74. The van der Waals surface area contributed by atoms with Crippen LogP contribution in [-0.4, -0.2) is 31.1 Å². The first-order chi connectivity index (χ1) is 12.0. The summed E-state index contributed by atoms with van der Waals surface area (Å²) in [5, 5.41) is 6.75. The highest BCUT2D eigenvalue weighted by Gasteiger charge is 2.20. The number of guanidine groups is 1. The minimum Gasteiger partial charge on any atom is -0.481 e. The molecule has 0 aliphatic carbocycles. The van der Waals surface area contributed by atoms with E-state index in [0.717, 1.165) is 24.6 Å². The van der Waals surface area contributed by atoms with Crippen LogP contribution in [0.25, 0.3) is 0 Å². The summed E-state index contributed by atoms with van der Waals surface area (Å²) in [7, 11) is 1.62. The molecule has 6 heteroatoms. The summed E-state index contributed by atoms with van der Waals surface area (Å²) in [6.45, 7) is 8.70. The van der Waals surface area contributed by atoms with Crippen LogP contribution >= 0.6 is 24.0 Å². The van der Waals surface area contributed by atoms with Gasteiger partial charge in [0, 0.05) is 30.8 Å². The van der Waals surface area contributed by atoms with E-state index in [-0.39, 0.29) is 29.4 Å². The van der Waals surface area contributed by atoms with Crippen molar-refractivity contribution in [1.82, 2.24) is 15.6 Å². The number of ether oxygens (including phenoxy) is 1. The third kappa shape index (κ3) is 6.82. The van der Waals surface area contributed by atoms with Crippen molar-refractivity contribution in [3.63, 3.8) is 0 Å². The molecule has 1 aromatic heterocycles. The highest BCUT2D eigenvalue weighted by atomic mass is 127. The highest BCUT2D eigenvalue weighted by Crippen LogP contribution is 2.21. The first-order valence-electron chi connectivity index (χ1n) is 8.62. The molecule has 0 spiro atoms. The van der Waals surface area contributed by atoms with E-state index >= 15 is 0 Å². The van der Waals surface area contributed by atoms with E-state index in [1.807, 2.05) is 18.2 Å². The Morgan fingerprint density at radius 3 is 2.54 bits per heavy atom. The van der Waals surface area contributed by atoms with E-state index in [1.165, 1.54) is 5.56 Å². The molecule has 26 heavy (non-hydrogen) atoms. The van der Waals surface area contributed by atoms with Crippen molar-refractivity contribution in [3.8, 4) is 5.88 Å². The van der Waals surface area contributed by atoms with Gasteiger partial charge in [0.1, 0.15) is 0 Å². The lowest BCUT2D eigenvalue weighted by Crippen LogP contribution is -2.43. The van der Waals surface area contributed by atoms with Gasteiger partial charge in [-0.2, -0.15) is 0 Å². The molecular weight excluding hydrogens is 439 g/mol. The number of nitrogens with zero attached hydrogens (tertiary/aromatic N) is 2. The maximum atomic E-state index is 5.16. The Kier molecular flexibility index (Phi) is 9.40. The molecule has 0 amide bonds. The van der Waals surface area contributed by atoms with Gasteiger partial charge >= 0.3 is 0 Å². The van der Waals surface area contributed by atoms with Gasteiger partial charge in [-0.15, -0.1) is 24.0 Å². The number of rotatable bonds is 7. The van der Waals surface area contributed by atoms with E-state index in [0.29, 0.717) is 12.4 Å². The summed E-state index contributed by atoms with van der Waals surface area (Å²) < 4.78 is 5.16. The Morgan fingerprint density at radius 1 is 1.15 bits per heavy atom. The van der Waals surface area contributed by atoms with Gasteiger partial charge in [0.25, 0.3) is 0 Å². The number of aromatic nitrogens is 1. The van der Waals surface area contributed by atoms with Gasteiger partial charge in [-0.25, -0.2) is 9.98 Å². The third-order valence-corrected chi connectivity index (χ3v) is 4.03. The number of methoxy groups -OCH3 is 1. The first-order valence-corrected chi connectivity index (χ1v) is 8.62. The molecule has 0 saturated carbocycles. The van der Waals surface area contributed by atoms with Crippen molar-refractivity contribution in [3.05, 3.63) is 59.8 Å². The number of nitrogens with one attached hydrogen (secondary N) is 2. The summed E-state index contributed by atoms with van der Waals surface area (Å²) in [5.41, 5.74) is 2.38. The number of hydrogen-bond acceptors (Lipinski definition) is 3. The van der Waals surface area contributed by atoms with Gasteiger partial charge in [0.15, 0.2) is 5.96 Å². The zero-order valence-corrected chi connectivity index (χ0v) is 18.3. The molecule has 1 aromatic carbocycles. The topological polar surface area (TPSA) is 58.5 Å². The fraction of sp³-hybridized carbons (Fsp3) is 0.400. The second kappa shape index (κ2) is 11.0. The van der Waals surface area contributed by atoms with Gasteiger partial charge in [-0.3, -0.25) is 0 Å². The zero-order chi connectivity index (χ0) is 18.1. The lowest BCUT2D eigenvalue weighted by Gasteiger charge is -2.26. The highest BCUT2D eigenvalue weighted by molar-refractivity contribution is 14.0. The Morgan fingerprint density at radius 2 is 1.88 bits per heavy atom. The molecule has 2 aromatic rings. The van der Waals surface area contributed by atoms with Gasteiger partial charge in [0.05, 0.1) is 13.7 Å². The predicted molar refractivity (Wildman–Crippen MR) is 118 cm³/mol. The molecule has 0 aliphatic heterocycles. The largest absolute Gasteiger partial charge is 0.481 e. The van der Waals surface area contributed by atoms with Gasteiger partial charge < -0.3 is 15.4 Å². The van der Waals surface area contributed by atoms with Crippen LogP contribution in [0.4, 0.5) is 0 Å². The smallest absolute Gasteiger partial charge is 0.213 e. The zero-order valence-electron chi connectivity index (χ0n) is 16.0. The molecule has 0 fully saturated rings. The monoisotopic (exact) mass is 468 g/mol. The number of aliphatic imine (C=N–C) groups is 1. The Bertz CT molecular complexity index is 689. The van der Waals surface area contributed by atoms with Crippen LogP contribution in [0.15, 0.2) is 53.7 Å². The second-order valence-electron chi connectivity index (χ2n) is 6.51. The predicted octanol–water partition coefficient (Wildman–Crippen LogP) is 3.74. The van der Waals surface area contributed by atoms with Gasteiger partial charge in [-0.1, -0.05) is 44.2 Å². The van der Waals surface area contributed by atoms with E-state index in [4.69, 9.17) is 4.74 Å². The third-order valence-electron chi connectivity index (χ3n) is 4.03. The van der Waals surface area contributed by atoms with Crippen LogP contribution in [0, 0.1) is 0 Å². The van der Waals surface area contributed by atoms with Crippen molar-refractivity contribution in [1.29, 1.82) is 0 Å². The molecule has 5 nitrogen and oxygen atoms in total. The van der Waals surface area contributed by atoms with E-state index in [9.17, 15) is 0 Å². The molecule has 142 valence electrons. The van der Waals surface area contributed by atoms with Crippen molar-refractivity contribution < 1.29 is 4.74 Å². The normalized spacial score (nSPS) is 11.5. The van der Waals surface area contributed by atoms with Crippen LogP contribution in [0.5, 0.6) is 5.88 Å². The number of pyridine rings is 1. The van der Waals surface area contributed by atoms with Crippen LogP contribution < -0.4 is 15.4 Å². The average Bonchev–Trinajstić information content (AvgIpc) is 2.65. The molecule has 0 radical (unpaired) electrons. The Hall–Kier alpha value is -1.83. The number of halogens is 1. The van der Waals surface area contributed by atoms with Crippen molar-refractivity contribution in [2.75, 3.05) is 20.2 Å². The number of hydrogen-bond donors (Lipinski definition) is 2. The fourth-order valence-electron chi connectivity index (χ4n) is 2.47. The maximum Gasteiger partial charge on any atom is 0.213 e. The van der Waals surface area contributed by atoms with Crippen molar-refractivity contribution in [2.24, 2.45) is 4.99 Å². The van der Waals surface area contributed by atoms with Crippen LogP contribution in [0.1, 0.15) is 31.9 Å². The van der Waals surface area contributed by atoms with Gasteiger partial charge in [-0.05, 0) is 24.1 Å². The summed E-state index contributed by atoms with van der Waals surface area (Å²) in [5.74, 6) is 1.41. The van der Waals surface area contributed by atoms with Crippen molar-refractivity contribution in [2.45, 2.75) is 32.7 Å². The molecule has 0 bridgehead atoms. The molecule has 0 saturated heterocycles. The summed E-state index contributed by atoms with van der Waals surface area (Å²) in [4.78, 5) is 8.79. The quantitative estimate of drug-likeness (QED) is 0.369. The number of benzene rings is 1. The standard InChI is InChI=1S/C20H28N4O.HI/c1-5-21-19(23-14-16-11-12-22-18(13-16)25-4)24-15-20(2,3)17-9-7-6-8-10-17;/h6-13H,5,14-15H2,1-4H3,(H2,21,23,24);1H. The molecule has 0 aliphatic rings. The van der Waals surface area contributed by atoms with Crippen molar-refractivity contribution >= 4 is 29.9 Å². The molecule has 2 N–H and O–H groups in total. The average molecular weight is 468 g/mol. The molecule has 2 rings (SSSR count). The van der Waals surface area contributed by atoms with Crippen LogP contribution in [-0.2, 0) is 12.0 Å². The molecule has 0 unspecified atom stereocenters. The Labute approximate surface area is 173 Å². The lowest BCUT2D eigenvalue weighted by atomic mass is 9.85. The van der Waals surface area contributed by atoms with Crippen LogP contribution in [0.3, 0.4) is 0 Å². The van der Waals surface area contributed by atoms with Crippen LogP contribution in [0.2, 0.25) is 0 Å². The second-order valence-corrected chi connectivity index (χ2v) is 6.51. The van der Waals surface area contributed by atoms with E-state index in [1.54, 1.807) is 13.3 Å². The molecule has 1 heterocycles. The molecular formula is C20H29IN4O. The maximum absolute atomic E-state index is 5.16. The Balaban J connectivity index is 0.00000338. The fourth-order valence-corrected chi connectivity index (χ4v) is 2.47. The minimum absolute atomic E-state index is 0. The SMILES string of the molecule is CCNC(=NCc1ccnc(OC)c1)NCC(C)(C)c1ccccc1.I. The minimum atomic E-state index is 0. The van der Waals surface area contributed by atoms with Gasteiger partial charge in [0.2, 0.25) is 5.88 Å². The lowest BCUT2D eigenvalue weighted by molar-refractivity contribution is 0.397. The summed E-state index contributed by atoms with van der Waals surface area (Å²) >= 11 is 0. The molecule has 0 atom stereocenters. The van der Waals surface area contributed by atoms with E-state index in [2.05, 4.69) is 65.6 Å².